The molecule has 1 saturated carbocycles. The van der Waals surface area contributed by atoms with Crippen molar-refractivity contribution in [3.8, 4) is 0 Å². The lowest BCUT2D eigenvalue weighted by molar-refractivity contribution is -0.141. The summed E-state index contributed by atoms with van der Waals surface area (Å²) in [4.78, 5) is 27.3. The number of likely N-dealkylation sites (tertiary alicyclic amines) is 1. The molecule has 1 aliphatic carbocycles. The maximum absolute atomic E-state index is 12.6. The number of carboxylic acid groups (broad SMARTS) is 1. The van der Waals surface area contributed by atoms with E-state index in [1.165, 1.54) is 31.0 Å². The van der Waals surface area contributed by atoms with Crippen LogP contribution in [0.2, 0.25) is 0 Å². The Morgan fingerprint density at radius 1 is 1.11 bits per heavy atom. The van der Waals surface area contributed by atoms with Crippen LogP contribution in [0.4, 0.5) is 4.79 Å². The second kappa shape index (κ2) is 5.23. The minimum absolute atomic E-state index is 0.0472. The van der Waals surface area contributed by atoms with Gasteiger partial charge < -0.3 is 14.9 Å². The molecular weight excluding hydrogens is 264 g/mol. The molecule has 3 unspecified atom stereocenters. The van der Waals surface area contributed by atoms with Gasteiger partial charge in [-0.15, -0.1) is 11.8 Å². The van der Waals surface area contributed by atoms with E-state index < -0.39 is 12.0 Å². The molecule has 0 spiro atoms. The largest absolute Gasteiger partial charge is 0.480 e. The van der Waals surface area contributed by atoms with Gasteiger partial charge >= 0.3 is 12.0 Å². The SMILES string of the molecule is O=C(O)C1CSCN1C(=O)N1CCCC2CCCC21. The number of carboxylic acids is 1. The van der Waals surface area contributed by atoms with Crippen LogP contribution in [0.3, 0.4) is 0 Å². The number of rotatable bonds is 1. The summed E-state index contributed by atoms with van der Waals surface area (Å²) < 4.78 is 0. The topological polar surface area (TPSA) is 60.9 Å². The fourth-order valence-corrected chi connectivity index (χ4v) is 4.83. The van der Waals surface area contributed by atoms with E-state index in [2.05, 4.69) is 0 Å². The van der Waals surface area contributed by atoms with Crippen molar-refractivity contribution in [1.29, 1.82) is 0 Å². The van der Waals surface area contributed by atoms with E-state index in [0.717, 1.165) is 19.4 Å². The molecule has 2 heterocycles. The van der Waals surface area contributed by atoms with E-state index in [4.69, 9.17) is 0 Å². The third kappa shape index (κ3) is 2.30. The second-order valence-corrected chi connectivity index (χ2v) is 6.70. The molecule has 0 aromatic carbocycles. The van der Waals surface area contributed by atoms with Gasteiger partial charge in [-0.05, 0) is 31.6 Å². The monoisotopic (exact) mass is 284 g/mol. The Bertz CT molecular complexity index is 390. The van der Waals surface area contributed by atoms with Crippen molar-refractivity contribution in [2.45, 2.75) is 44.2 Å². The number of hydrogen-bond donors (Lipinski definition) is 1. The van der Waals surface area contributed by atoms with E-state index in [1.807, 2.05) is 4.90 Å². The number of aliphatic carboxylic acids is 1. The molecular formula is C13H20N2O3S. The van der Waals surface area contributed by atoms with Gasteiger partial charge in [0.05, 0.1) is 5.88 Å². The van der Waals surface area contributed by atoms with E-state index in [9.17, 15) is 14.7 Å². The molecule has 3 aliphatic rings. The Morgan fingerprint density at radius 2 is 1.89 bits per heavy atom. The van der Waals surface area contributed by atoms with Crippen molar-refractivity contribution in [2.24, 2.45) is 5.92 Å². The molecule has 106 valence electrons. The molecule has 0 aromatic heterocycles. The molecule has 2 amide bonds. The van der Waals surface area contributed by atoms with E-state index in [1.54, 1.807) is 4.90 Å². The number of nitrogens with zero attached hydrogens (tertiary/aromatic N) is 2. The van der Waals surface area contributed by atoms with Gasteiger partial charge in [-0.2, -0.15) is 0 Å². The highest BCUT2D eigenvalue weighted by Gasteiger charge is 2.42. The summed E-state index contributed by atoms with van der Waals surface area (Å²) in [6, 6.07) is -0.324. The normalized spacial score (nSPS) is 34.4. The highest BCUT2D eigenvalue weighted by atomic mass is 32.2. The van der Waals surface area contributed by atoms with Gasteiger partial charge in [-0.3, -0.25) is 0 Å². The Morgan fingerprint density at radius 3 is 2.68 bits per heavy atom. The number of carbonyl (C=O) groups excluding carboxylic acids is 1. The molecule has 3 atom stereocenters. The van der Waals surface area contributed by atoms with Crippen LogP contribution in [0.1, 0.15) is 32.1 Å². The average Bonchev–Trinajstić information content (AvgIpc) is 3.05. The Balaban J connectivity index is 1.74. The van der Waals surface area contributed by atoms with Crippen LogP contribution in [0.15, 0.2) is 0 Å². The minimum atomic E-state index is -0.877. The third-order valence-corrected chi connectivity index (χ3v) is 5.66. The van der Waals surface area contributed by atoms with Crippen molar-refractivity contribution in [3.63, 3.8) is 0 Å². The number of amides is 2. The average molecular weight is 284 g/mol. The van der Waals surface area contributed by atoms with Crippen molar-refractivity contribution in [1.82, 2.24) is 9.80 Å². The predicted molar refractivity (Wildman–Crippen MR) is 73.1 cm³/mol. The smallest absolute Gasteiger partial charge is 0.327 e. The minimum Gasteiger partial charge on any atom is -0.480 e. The fourth-order valence-electron chi connectivity index (χ4n) is 3.69. The lowest BCUT2D eigenvalue weighted by atomic mass is 9.92. The maximum Gasteiger partial charge on any atom is 0.327 e. The molecule has 2 aliphatic heterocycles. The van der Waals surface area contributed by atoms with E-state index in [-0.39, 0.29) is 6.03 Å². The van der Waals surface area contributed by atoms with Gasteiger partial charge in [0.15, 0.2) is 0 Å². The number of thioether (sulfide) groups is 1. The molecule has 3 fully saturated rings. The second-order valence-electron chi connectivity index (χ2n) is 5.70. The lowest BCUT2D eigenvalue weighted by Gasteiger charge is -2.40. The summed E-state index contributed by atoms with van der Waals surface area (Å²) in [6.07, 6.45) is 5.81. The molecule has 19 heavy (non-hydrogen) atoms. The van der Waals surface area contributed by atoms with Crippen molar-refractivity contribution in [3.05, 3.63) is 0 Å². The van der Waals surface area contributed by atoms with Gasteiger partial charge in [0, 0.05) is 18.3 Å². The van der Waals surface area contributed by atoms with Crippen molar-refractivity contribution >= 4 is 23.8 Å². The summed E-state index contributed by atoms with van der Waals surface area (Å²) in [7, 11) is 0. The zero-order valence-corrected chi connectivity index (χ0v) is 11.8. The fraction of sp³-hybridized carbons (Fsp3) is 0.846. The first-order chi connectivity index (χ1) is 9.18. The maximum atomic E-state index is 12.6. The number of urea groups is 1. The van der Waals surface area contributed by atoms with Crippen LogP contribution in [-0.4, -0.2) is 57.2 Å². The summed E-state index contributed by atoms with van der Waals surface area (Å²) in [5.41, 5.74) is 0. The van der Waals surface area contributed by atoms with Crippen LogP contribution in [0, 0.1) is 5.92 Å². The molecule has 0 bridgehead atoms. The number of piperidine rings is 1. The van der Waals surface area contributed by atoms with Crippen molar-refractivity contribution < 1.29 is 14.7 Å². The van der Waals surface area contributed by atoms with Crippen LogP contribution in [-0.2, 0) is 4.79 Å². The van der Waals surface area contributed by atoms with Crippen LogP contribution in [0.5, 0.6) is 0 Å². The lowest BCUT2D eigenvalue weighted by Crippen LogP contribution is -2.54. The Labute approximate surface area is 117 Å². The van der Waals surface area contributed by atoms with Gasteiger partial charge in [0.1, 0.15) is 6.04 Å². The first-order valence-corrected chi connectivity index (χ1v) is 8.21. The molecule has 6 heteroatoms. The molecule has 5 nitrogen and oxygen atoms in total. The summed E-state index contributed by atoms with van der Waals surface area (Å²) in [6.45, 7) is 0.799. The van der Waals surface area contributed by atoms with Gasteiger partial charge in [0.2, 0.25) is 0 Å². The number of hydrogen-bond acceptors (Lipinski definition) is 3. The predicted octanol–water partition coefficient (Wildman–Crippen LogP) is 1.83. The zero-order valence-electron chi connectivity index (χ0n) is 11.0. The molecule has 2 saturated heterocycles. The molecule has 3 rings (SSSR count). The quantitative estimate of drug-likeness (QED) is 0.798. The van der Waals surface area contributed by atoms with Crippen LogP contribution in [0.25, 0.3) is 0 Å². The number of fused-ring (bicyclic) bond motifs is 1. The Hall–Kier alpha value is -0.910. The standard InChI is InChI=1S/C13H20N2O3S/c16-12(17)11-7-19-8-15(11)13(18)14-6-2-4-9-3-1-5-10(9)14/h9-11H,1-8H2,(H,16,17). The third-order valence-electron chi connectivity index (χ3n) is 4.65. The molecule has 1 N–H and O–H groups in total. The molecule has 0 aromatic rings. The zero-order chi connectivity index (χ0) is 13.4. The van der Waals surface area contributed by atoms with Gasteiger partial charge in [-0.1, -0.05) is 6.42 Å². The summed E-state index contributed by atoms with van der Waals surface area (Å²) >= 11 is 1.53. The summed E-state index contributed by atoms with van der Waals surface area (Å²) in [5.74, 6) is 0.807. The number of carbonyl (C=O) groups is 2. The van der Waals surface area contributed by atoms with E-state index >= 15 is 0 Å². The van der Waals surface area contributed by atoms with Crippen molar-refractivity contribution in [2.75, 3.05) is 18.2 Å². The highest BCUT2D eigenvalue weighted by Crippen LogP contribution is 2.38. The van der Waals surface area contributed by atoms with Gasteiger partial charge in [-0.25, -0.2) is 9.59 Å². The Kier molecular flexibility index (Phi) is 3.60. The first kappa shape index (κ1) is 13.1. The van der Waals surface area contributed by atoms with Crippen LogP contribution < -0.4 is 0 Å². The van der Waals surface area contributed by atoms with Crippen LogP contribution >= 0.6 is 11.8 Å². The highest BCUT2D eigenvalue weighted by molar-refractivity contribution is 7.99. The first-order valence-electron chi connectivity index (χ1n) is 7.06. The van der Waals surface area contributed by atoms with E-state index in [0.29, 0.717) is 23.6 Å². The summed E-state index contributed by atoms with van der Waals surface area (Å²) in [5, 5.41) is 9.19. The van der Waals surface area contributed by atoms with Gasteiger partial charge in [0.25, 0.3) is 0 Å². The molecule has 0 radical (unpaired) electrons.